The lowest BCUT2D eigenvalue weighted by molar-refractivity contribution is 0.425. The van der Waals surface area contributed by atoms with Crippen molar-refractivity contribution in [1.82, 2.24) is 4.67 Å². The number of likely N-dealkylation sites (N-methyl/N-ethyl adjacent to an activating group) is 1. The molecule has 31 heavy (non-hydrogen) atoms. The third-order valence-corrected chi connectivity index (χ3v) is 9.89. The Hall–Kier alpha value is -2.36. The molecule has 0 bridgehead atoms. The van der Waals surface area contributed by atoms with E-state index in [9.17, 15) is 0 Å². The molecule has 3 aliphatic heterocycles. The Morgan fingerprint density at radius 3 is 2.23 bits per heavy atom. The van der Waals surface area contributed by atoms with Crippen LogP contribution in [0.5, 0.6) is 0 Å². The van der Waals surface area contributed by atoms with Crippen LogP contribution in [-0.4, -0.2) is 31.0 Å². The SMILES string of the molecule is CN1/C(=C2/C=NN(c3ccccc3)P2(=O)N2CCCCCC2)C(C)(C)c2ccccc21. The smallest absolute Gasteiger partial charge is 0.292 e. The molecule has 2 aromatic carbocycles. The molecule has 3 aliphatic rings. The lowest BCUT2D eigenvalue weighted by Gasteiger charge is -2.36. The van der Waals surface area contributed by atoms with Gasteiger partial charge in [0.25, 0.3) is 7.44 Å². The topological polar surface area (TPSA) is 39.1 Å². The fourth-order valence-corrected chi connectivity index (χ4v) is 8.51. The summed E-state index contributed by atoms with van der Waals surface area (Å²) in [6.07, 6.45) is 6.43. The van der Waals surface area contributed by atoms with Crippen LogP contribution in [0.3, 0.4) is 0 Å². The van der Waals surface area contributed by atoms with Gasteiger partial charge in [0, 0.05) is 36.9 Å². The molecule has 0 N–H and O–H groups in total. The summed E-state index contributed by atoms with van der Waals surface area (Å²) in [5.41, 5.74) is 4.19. The van der Waals surface area contributed by atoms with E-state index in [0.717, 1.165) is 42.6 Å². The molecule has 0 radical (unpaired) electrons. The average Bonchev–Trinajstić information content (AvgIpc) is 3.05. The number of rotatable bonds is 2. The van der Waals surface area contributed by atoms with Crippen LogP contribution in [0.1, 0.15) is 45.1 Å². The Morgan fingerprint density at radius 1 is 0.903 bits per heavy atom. The Labute approximate surface area is 185 Å². The third kappa shape index (κ3) is 3.09. The number of fused-ring (bicyclic) bond motifs is 1. The maximum absolute atomic E-state index is 15.2. The van der Waals surface area contributed by atoms with E-state index in [1.807, 2.05) is 41.3 Å². The summed E-state index contributed by atoms with van der Waals surface area (Å²) in [6, 6.07) is 18.5. The number of hydrogen-bond donors (Lipinski definition) is 0. The maximum atomic E-state index is 15.2. The van der Waals surface area contributed by atoms with Gasteiger partial charge in [-0.2, -0.15) is 9.88 Å². The van der Waals surface area contributed by atoms with Gasteiger partial charge in [-0.05, 0) is 36.6 Å². The lowest BCUT2D eigenvalue weighted by Crippen LogP contribution is -2.32. The predicted molar refractivity (Wildman–Crippen MR) is 130 cm³/mol. The highest BCUT2D eigenvalue weighted by Crippen LogP contribution is 2.67. The first-order chi connectivity index (χ1) is 15.0. The second-order valence-electron chi connectivity index (χ2n) is 9.22. The first kappa shape index (κ1) is 20.5. The molecule has 1 saturated heterocycles. The minimum Gasteiger partial charge on any atom is -0.346 e. The Bertz CT molecular complexity index is 1080. The van der Waals surface area contributed by atoms with E-state index in [1.54, 1.807) is 0 Å². The van der Waals surface area contributed by atoms with Gasteiger partial charge >= 0.3 is 0 Å². The van der Waals surface area contributed by atoms with Crippen LogP contribution in [0.2, 0.25) is 0 Å². The molecule has 0 amide bonds. The van der Waals surface area contributed by atoms with E-state index in [0.29, 0.717) is 0 Å². The van der Waals surface area contributed by atoms with Gasteiger partial charge < -0.3 is 4.90 Å². The maximum Gasteiger partial charge on any atom is 0.292 e. The van der Waals surface area contributed by atoms with E-state index in [2.05, 4.69) is 54.7 Å². The van der Waals surface area contributed by atoms with Gasteiger partial charge in [-0.3, -0.25) is 4.57 Å². The van der Waals surface area contributed by atoms with Gasteiger partial charge in [0.05, 0.1) is 17.2 Å². The van der Waals surface area contributed by atoms with Crippen LogP contribution in [0.15, 0.2) is 70.7 Å². The Kier molecular flexibility index (Phi) is 5.07. The fraction of sp³-hybridized carbons (Fsp3) is 0.400. The molecular weight excluding hydrogens is 403 g/mol. The largest absolute Gasteiger partial charge is 0.346 e. The summed E-state index contributed by atoms with van der Waals surface area (Å²) >= 11 is 0. The van der Waals surface area contributed by atoms with Crippen molar-refractivity contribution < 1.29 is 4.57 Å². The number of allylic oxidation sites excluding steroid dienone is 2. The molecule has 6 heteroatoms. The highest BCUT2D eigenvalue weighted by molar-refractivity contribution is 7.69. The summed E-state index contributed by atoms with van der Waals surface area (Å²) in [6.45, 7) is 6.17. The molecule has 1 atom stereocenters. The zero-order chi connectivity index (χ0) is 21.6. The zero-order valence-electron chi connectivity index (χ0n) is 18.7. The van der Waals surface area contributed by atoms with E-state index in [1.165, 1.54) is 24.1 Å². The predicted octanol–water partition coefficient (Wildman–Crippen LogP) is 6.20. The number of hydrazone groups is 1. The van der Waals surface area contributed by atoms with Crippen molar-refractivity contribution in [2.75, 3.05) is 29.8 Å². The molecule has 1 unspecified atom stereocenters. The summed E-state index contributed by atoms with van der Waals surface area (Å²) < 4.78 is 19.2. The van der Waals surface area contributed by atoms with Crippen molar-refractivity contribution in [3.8, 4) is 0 Å². The second-order valence-corrected chi connectivity index (χ2v) is 11.7. The van der Waals surface area contributed by atoms with Crippen LogP contribution >= 0.6 is 7.44 Å². The molecular formula is C25H31N4OP. The summed E-state index contributed by atoms with van der Waals surface area (Å²) in [4.78, 5) is 2.23. The van der Waals surface area contributed by atoms with Crippen molar-refractivity contribution >= 4 is 25.0 Å². The summed E-state index contributed by atoms with van der Waals surface area (Å²) in [7, 11) is -1.03. The molecule has 0 spiro atoms. The van der Waals surface area contributed by atoms with Gasteiger partial charge in [0.1, 0.15) is 0 Å². The van der Waals surface area contributed by atoms with Gasteiger partial charge in [0.2, 0.25) is 0 Å². The van der Waals surface area contributed by atoms with Crippen LogP contribution in [-0.2, 0) is 9.98 Å². The lowest BCUT2D eigenvalue weighted by atomic mass is 9.84. The minimum atomic E-state index is -3.13. The van der Waals surface area contributed by atoms with Gasteiger partial charge in [0.15, 0.2) is 0 Å². The van der Waals surface area contributed by atoms with Gasteiger partial charge in [-0.1, -0.05) is 63.1 Å². The standard InChI is InChI=1S/C25H31N4OP/c1-25(2)21-15-9-10-16-22(21)27(3)24(25)23-19-26-29(20-13-7-6-8-14-20)31(23,30)28-17-11-4-5-12-18-28/h6-10,13-16,19H,4-5,11-12,17-18H2,1-3H3/b24-23-. The molecule has 162 valence electrons. The Balaban J connectivity index is 1.71. The van der Waals surface area contributed by atoms with Gasteiger partial charge in [-0.25, -0.2) is 4.67 Å². The molecule has 5 nitrogen and oxygen atoms in total. The monoisotopic (exact) mass is 434 g/mol. The quantitative estimate of drug-likeness (QED) is 0.528. The number of anilines is 2. The van der Waals surface area contributed by atoms with E-state index < -0.39 is 7.44 Å². The van der Waals surface area contributed by atoms with Crippen LogP contribution < -0.4 is 9.68 Å². The summed E-state index contributed by atoms with van der Waals surface area (Å²) in [5, 5.41) is 5.65. The molecule has 0 aromatic heterocycles. The van der Waals surface area contributed by atoms with Crippen molar-refractivity contribution in [1.29, 1.82) is 0 Å². The van der Waals surface area contributed by atoms with Crippen molar-refractivity contribution in [2.45, 2.75) is 44.9 Å². The Morgan fingerprint density at radius 2 is 1.55 bits per heavy atom. The van der Waals surface area contributed by atoms with Crippen molar-refractivity contribution in [3.05, 3.63) is 71.2 Å². The molecule has 0 aliphatic carbocycles. The van der Waals surface area contributed by atoms with Crippen LogP contribution in [0.25, 0.3) is 0 Å². The highest BCUT2D eigenvalue weighted by atomic mass is 31.2. The first-order valence-electron chi connectivity index (χ1n) is 11.3. The van der Waals surface area contributed by atoms with Crippen molar-refractivity contribution in [2.24, 2.45) is 5.10 Å². The van der Waals surface area contributed by atoms with E-state index in [4.69, 9.17) is 5.10 Å². The molecule has 0 saturated carbocycles. The van der Waals surface area contributed by atoms with Crippen LogP contribution in [0, 0.1) is 0 Å². The number of nitrogens with zero attached hydrogens (tertiary/aromatic N) is 4. The van der Waals surface area contributed by atoms with Gasteiger partial charge in [-0.15, -0.1) is 0 Å². The third-order valence-electron chi connectivity index (χ3n) is 6.92. The molecule has 1 fully saturated rings. The fourth-order valence-electron chi connectivity index (χ4n) is 5.39. The molecule has 3 heterocycles. The number of hydrogen-bond acceptors (Lipinski definition) is 3. The highest BCUT2D eigenvalue weighted by Gasteiger charge is 2.51. The average molecular weight is 435 g/mol. The zero-order valence-corrected chi connectivity index (χ0v) is 19.6. The number of benzene rings is 2. The minimum absolute atomic E-state index is 0.249. The summed E-state index contributed by atoms with van der Waals surface area (Å²) in [5.74, 6) is 0. The number of para-hydroxylation sites is 2. The molecule has 2 aromatic rings. The van der Waals surface area contributed by atoms with Crippen molar-refractivity contribution in [3.63, 3.8) is 0 Å². The van der Waals surface area contributed by atoms with E-state index in [-0.39, 0.29) is 5.41 Å². The first-order valence-corrected chi connectivity index (χ1v) is 12.9. The second kappa shape index (κ2) is 7.65. The normalized spacial score (nSPS) is 28.1. The molecule has 5 rings (SSSR count). The van der Waals surface area contributed by atoms with Crippen LogP contribution in [0.4, 0.5) is 11.4 Å². The van der Waals surface area contributed by atoms with E-state index >= 15 is 4.57 Å².